The van der Waals surface area contributed by atoms with Crippen LogP contribution in [0.25, 0.3) is 6.08 Å². The Bertz CT molecular complexity index is 325. The molecule has 0 saturated heterocycles. The van der Waals surface area contributed by atoms with E-state index in [1.165, 1.54) is 18.9 Å². The fourth-order valence-corrected chi connectivity index (χ4v) is 1.18. The number of hydrogen-bond donors (Lipinski definition) is 0. The molecular formula is C9H11N3O. The highest BCUT2D eigenvalue weighted by molar-refractivity contribution is 5.72. The van der Waals surface area contributed by atoms with Gasteiger partial charge >= 0.3 is 0 Å². The molecule has 0 radical (unpaired) electrons. The smallest absolute Gasteiger partial charge is 0.142 e. The number of aromatic nitrogens is 3. The minimum atomic E-state index is 0.736. The lowest BCUT2D eigenvalue weighted by Crippen LogP contribution is -1.99. The standard InChI is InChI=1S/C9H11N3O/c13-5-1-2-9-7-12(11-10-9)6-8-3-4-8/h1-2,5,7-8H,3-4,6H2/b2-1+. The third-order valence-corrected chi connectivity index (χ3v) is 2.04. The number of hydrogen-bond acceptors (Lipinski definition) is 3. The van der Waals surface area contributed by atoms with Crippen molar-refractivity contribution in [3.8, 4) is 0 Å². The Morgan fingerprint density at radius 2 is 2.46 bits per heavy atom. The van der Waals surface area contributed by atoms with Crippen LogP contribution in [0, 0.1) is 5.92 Å². The zero-order chi connectivity index (χ0) is 9.10. The number of rotatable bonds is 4. The lowest BCUT2D eigenvalue weighted by Gasteiger charge is -1.93. The Labute approximate surface area is 76.2 Å². The van der Waals surface area contributed by atoms with E-state index in [9.17, 15) is 4.79 Å². The zero-order valence-corrected chi connectivity index (χ0v) is 7.26. The normalized spacial score (nSPS) is 16.6. The first-order chi connectivity index (χ1) is 6.38. The second kappa shape index (κ2) is 3.51. The molecular weight excluding hydrogens is 166 g/mol. The van der Waals surface area contributed by atoms with Gasteiger partial charge in [-0.3, -0.25) is 9.48 Å². The van der Waals surface area contributed by atoms with Gasteiger partial charge in [-0.1, -0.05) is 5.21 Å². The van der Waals surface area contributed by atoms with Gasteiger partial charge in [-0.25, -0.2) is 0 Å². The lowest BCUT2D eigenvalue weighted by atomic mass is 10.4. The third-order valence-electron chi connectivity index (χ3n) is 2.04. The molecule has 13 heavy (non-hydrogen) atoms. The molecule has 0 aliphatic heterocycles. The minimum absolute atomic E-state index is 0.736. The van der Waals surface area contributed by atoms with Crippen LogP contribution in [0.5, 0.6) is 0 Å². The second-order valence-corrected chi connectivity index (χ2v) is 3.30. The summed E-state index contributed by atoms with van der Waals surface area (Å²) < 4.78 is 1.84. The first-order valence-electron chi connectivity index (χ1n) is 4.40. The maximum atomic E-state index is 10.0. The maximum absolute atomic E-state index is 10.0. The molecule has 1 fully saturated rings. The van der Waals surface area contributed by atoms with Gasteiger partial charge in [0, 0.05) is 6.54 Å². The van der Waals surface area contributed by atoms with Gasteiger partial charge in [-0.05, 0) is 30.9 Å². The van der Waals surface area contributed by atoms with Crippen LogP contribution < -0.4 is 0 Å². The summed E-state index contributed by atoms with van der Waals surface area (Å²) in [6.45, 7) is 0.960. The SMILES string of the molecule is O=C/C=C/c1cn(CC2CC2)nn1. The molecule has 1 saturated carbocycles. The number of nitrogens with zero attached hydrogens (tertiary/aromatic N) is 3. The lowest BCUT2D eigenvalue weighted by molar-refractivity contribution is -0.104. The van der Waals surface area contributed by atoms with Crippen molar-refractivity contribution in [3.05, 3.63) is 18.0 Å². The average molecular weight is 177 g/mol. The van der Waals surface area contributed by atoms with E-state index in [1.807, 2.05) is 10.9 Å². The fraction of sp³-hybridized carbons (Fsp3) is 0.444. The molecule has 0 amide bonds. The molecule has 0 atom stereocenters. The van der Waals surface area contributed by atoms with Crippen LogP contribution >= 0.6 is 0 Å². The third kappa shape index (κ3) is 2.24. The Morgan fingerprint density at radius 1 is 1.62 bits per heavy atom. The maximum Gasteiger partial charge on any atom is 0.142 e. The van der Waals surface area contributed by atoms with Crippen LogP contribution in [0.4, 0.5) is 0 Å². The molecule has 1 aromatic rings. The number of allylic oxidation sites excluding steroid dienone is 1. The van der Waals surface area contributed by atoms with Crippen molar-refractivity contribution in [3.63, 3.8) is 0 Å². The van der Waals surface area contributed by atoms with E-state index >= 15 is 0 Å². The highest BCUT2D eigenvalue weighted by Crippen LogP contribution is 2.30. The van der Waals surface area contributed by atoms with Gasteiger partial charge in [-0.15, -0.1) is 5.10 Å². The summed E-state index contributed by atoms with van der Waals surface area (Å²) in [4.78, 5) is 10.0. The molecule has 68 valence electrons. The van der Waals surface area contributed by atoms with E-state index in [0.717, 1.165) is 24.4 Å². The predicted molar refractivity (Wildman–Crippen MR) is 47.8 cm³/mol. The van der Waals surface area contributed by atoms with Crippen molar-refractivity contribution in [2.24, 2.45) is 5.92 Å². The Hall–Kier alpha value is -1.45. The van der Waals surface area contributed by atoms with E-state index in [4.69, 9.17) is 0 Å². The zero-order valence-electron chi connectivity index (χ0n) is 7.26. The molecule has 4 nitrogen and oxygen atoms in total. The van der Waals surface area contributed by atoms with Crippen molar-refractivity contribution in [1.29, 1.82) is 0 Å². The van der Waals surface area contributed by atoms with E-state index in [2.05, 4.69) is 10.3 Å². The summed E-state index contributed by atoms with van der Waals surface area (Å²) in [5, 5.41) is 7.85. The molecule has 0 aromatic carbocycles. The van der Waals surface area contributed by atoms with Gasteiger partial charge in [0.25, 0.3) is 0 Å². The summed E-state index contributed by atoms with van der Waals surface area (Å²) in [6, 6.07) is 0. The van der Waals surface area contributed by atoms with Gasteiger partial charge in [0.1, 0.15) is 12.0 Å². The van der Waals surface area contributed by atoms with Crippen molar-refractivity contribution in [2.45, 2.75) is 19.4 Å². The molecule has 4 heteroatoms. The molecule has 0 N–H and O–H groups in total. The van der Waals surface area contributed by atoms with Gasteiger partial charge in [0.05, 0.1) is 6.20 Å². The minimum Gasteiger partial charge on any atom is -0.299 e. The quantitative estimate of drug-likeness (QED) is 0.507. The van der Waals surface area contributed by atoms with Gasteiger partial charge < -0.3 is 0 Å². The van der Waals surface area contributed by atoms with Crippen LogP contribution in [0.1, 0.15) is 18.5 Å². The van der Waals surface area contributed by atoms with Crippen molar-refractivity contribution in [2.75, 3.05) is 0 Å². The summed E-state index contributed by atoms with van der Waals surface area (Å²) in [6.07, 6.45) is 8.28. The monoisotopic (exact) mass is 177 g/mol. The molecule has 0 unspecified atom stereocenters. The largest absolute Gasteiger partial charge is 0.299 e. The Balaban J connectivity index is 1.99. The van der Waals surface area contributed by atoms with Crippen LogP contribution in [-0.2, 0) is 11.3 Å². The molecule has 1 heterocycles. The number of aldehydes is 1. The Kier molecular flexibility index (Phi) is 2.21. The molecule has 0 spiro atoms. The van der Waals surface area contributed by atoms with Crippen LogP contribution in [0.15, 0.2) is 12.3 Å². The highest BCUT2D eigenvalue weighted by atomic mass is 16.1. The van der Waals surface area contributed by atoms with Crippen molar-refractivity contribution >= 4 is 12.4 Å². The topological polar surface area (TPSA) is 47.8 Å². The first kappa shape index (κ1) is 8.16. The molecule has 0 bridgehead atoms. The molecule has 2 rings (SSSR count). The van der Waals surface area contributed by atoms with Crippen LogP contribution in [-0.4, -0.2) is 21.3 Å². The average Bonchev–Trinajstić information content (AvgIpc) is 2.81. The second-order valence-electron chi connectivity index (χ2n) is 3.30. The summed E-state index contributed by atoms with van der Waals surface area (Å²) >= 11 is 0. The Morgan fingerprint density at radius 3 is 3.15 bits per heavy atom. The van der Waals surface area contributed by atoms with E-state index in [0.29, 0.717) is 0 Å². The first-order valence-corrected chi connectivity index (χ1v) is 4.40. The molecule has 1 aromatic heterocycles. The van der Waals surface area contributed by atoms with Crippen molar-refractivity contribution < 1.29 is 4.79 Å². The van der Waals surface area contributed by atoms with Crippen LogP contribution in [0.2, 0.25) is 0 Å². The van der Waals surface area contributed by atoms with E-state index in [1.54, 1.807) is 6.08 Å². The summed E-state index contributed by atoms with van der Waals surface area (Å²) in [5.74, 6) is 0.796. The number of carbonyl (C=O) groups excluding carboxylic acids is 1. The highest BCUT2D eigenvalue weighted by Gasteiger charge is 2.21. The van der Waals surface area contributed by atoms with Gasteiger partial charge in [0.2, 0.25) is 0 Å². The molecule has 1 aliphatic carbocycles. The number of carbonyl (C=O) groups is 1. The fourth-order valence-electron chi connectivity index (χ4n) is 1.18. The van der Waals surface area contributed by atoms with Crippen LogP contribution in [0.3, 0.4) is 0 Å². The molecule has 1 aliphatic rings. The predicted octanol–water partition coefficient (Wildman–Crippen LogP) is 0.900. The summed E-state index contributed by atoms with van der Waals surface area (Å²) in [5.41, 5.74) is 0.743. The van der Waals surface area contributed by atoms with E-state index < -0.39 is 0 Å². The van der Waals surface area contributed by atoms with E-state index in [-0.39, 0.29) is 0 Å². The van der Waals surface area contributed by atoms with Gasteiger partial charge in [-0.2, -0.15) is 0 Å². The van der Waals surface area contributed by atoms with Gasteiger partial charge in [0.15, 0.2) is 0 Å². The summed E-state index contributed by atoms with van der Waals surface area (Å²) in [7, 11) is 0. The van der Waals surface area contributed by atoms with Crippen molar-refractivity contribution in [1.82, 2.24) is 15.0 Å².